The van der Waals surface area contributed by atoms with Gasteiger partial charge >= 0.3 is 0 Å². The van der Waals surface area contributed by atoms with Crippen molar-refractivity contribution in [2.24, 2.45) is 0 Å². The summed E-state index contributed by atoms with van der Waals surface area (Å²) < 4.78 is 13.9. The first-order chi connectivity index (χ1) is 24.2. The molecule has 9 rings (SSSR count). The molecule has 232 valence electrons. The van der Waals surface area contributed by atoms with Crippen LogP contribution < -0.4 is 25.6 Å². The zero-order chi connectivity index (χ0) is 32.8. The summed E-state index contributed by atoms with van der Waals surface area (Å²) in [5.41, 5.74) is 8.23. The molecule has 0 bridgehead atoms. The molecular formula is C45H31FN2Si. The number of para-hydroxylation sites is 2. The van der Waals surface area contributed by atoms with Gasteiger partial charge in [0.2, 0.25) is 0 Å². The van der Waals surface area contributed by atoms with Crippen molar-refractivity contribution in [3.8, 4) is 22.4 Å². The van der Waals surface area contributed by atoms with Crippen LogP contribution in [0.2, 0.25) is 0 Å². The maximum atomic E-state index is 13.9. The number of benzene rings is 7. The summed E-state index contributed by atoms with van der Waals surface area (Å²) in [6, 6.07) is 65.9. The van der Waals surface area contributed by atoms with Crippen molar-refractivity contribution in [1.29, 1.82) is 0 Å². The Kier molecular flexibility index (Phi) is 7.03. The number of pyridine rings is 1. The van der Waals surface area contributed by atoms with Gasteiger partial charge in [0.1, 0.15) is 5.82 Å². The first-order valence-corrected chi connectivity index (χ1v) is 18.6. The number of fused-ring (bicyclic) bond motifs is 3. The van der Waals surface area contributed by atoms with E-state index in [2.05, 4.69) is 163 Å². The van der Waals surface area contributed by atoms with Crippen molar-refractivity contribution >= 4 is 56.8 Å². The molecule has 7 aromatic carbocycles. The molecule has 49 heavy (non-hydrogen) atoms. The summed E-state index contributed by atoms with van der Waals surface area (Å²) in [7, 11) is -2.70. The van der Waals surface area contributed by atoms with Crippen LogP contribution >= 0.6 is 0 Å². The molecule has 0 saturated carbocycles. The third-order valence-electron chi connectivity index (χ3n) is 9.79. The smallest absolute Gasteiger partial charge is 0.184 e. The van der Waals surface area contributed by atoms with Gasteiger partial charge in [-0.2, -0.15) is 0 Å². The Morgan fingerprint density at radius 3 is 1.59 bits per heavy atom. The highest BCUT2D eigenvalue weighted by atomic mass is 28.3. The van der Waals surface area contributed by atoms with Gasteiger partial charge in [-0.05, 0) is 92.5 Å². The number of halogens is 1. The Labute approximate surface area is 286 Å². The molecule has 2 nitrogen and oxygen atoms in total. The third kappa shape index (κ3) is 4.72. The number of aromatic nitrogens is 1. The number of rotatable bonds is 5. The predicted molar refractivity (Wildman–Crippen MR) is 204 cm³/mol. The summed E-state index contributed by atoms with van der Waals surface area (Å²) in [5, 5.41) is 6.51. The van der Waals surface area contributed by atoms with Crippen LogP contribution in [0.3, 0.4) is 0 Å². The van der Waals surface area contributed by atoms with E-state index in [-0.39, 0.29) is 5.82 Å². The van der Waals surface area contributed by atoms with Crippen molar-refractivity contribution in [2.45, 2.75) is 0 Å². The van der Waals surface area contributed by atoms with Crippen molar-refractivity contribution in [3.05, 3.63) is 194 Å². The first-order valence-electron chi connectivity index (χ1n) is 16.6. The van der Waals surface area contributed by atoms with E-state index in [0.717, 1.165) is 39.0 Å². The second-order valence-electron chi connectivity index (χ2n) is 12.5. The minimum Gasteiger partial charge on any atom is -0.311 e. The molecule has 0 N–H and O–H groups in total. The summed E-state index contributed by atoms with van der Waals surface area (Å²) in [6.45, 7) is 0. The van der Waals surface area contributed by atoms with E-state index < -0.39 is 8.07 Å². The fourth-order valence-corrected chi connectivity index (χ4v) is 12.8. The largest absolute Gasteiger partial charge is 0.311 e. The number of anilines is 3. The molecule has 0 atom stereocenters. The second-order valence-corrected chi connectivity index (χ2v) is 16.2. The van der Waals surface area contributed by atoms with Gasteiger partial charge in [0.05, 0.1) is 11.2 Å². The average molecular weight is 647 g/mol. The van der Waals surface area contributed by atoms with Gasteiger partial charge in [-0.25, -0.2) is 9.37 Å². The highest BCUT2D eigenvalue weighted by molar-refractivity contribution is 7.21. The molecule has 2 heterocycles. The van der Waals surface area contributed by atoms with Crippen LogP contribution in [0.5, 0.6) is 0 Å². The normalized spacial score (nSPS) is 13.1. The summed E-state index contributed by atoms with van der Waals surface area (Å²) >= 11 is 0. The molecule has 0 unspecified atom stereocenters. The SMILES string of the molecule is Fc1ccc(-c2cc(-c3ccccc3)c3cc(N4c5ccccc5[Si](c5ccccc5)(c5ccccc5)c5ccccc54)ccc3n2)cc1. The zero-order valence-corrected chi connectivity index (χ0v) is 27.7. The molecule has 8 aromatic rings. The van der Waals surface area contributed by atoms with E-state index in [4.69, 9.17) is 4.98 Å². The molecule has 1 aliphatic rings. The predicted octanol–water partition coefficient (Wildman–Crippen LogP) is 8.87. The summed E-state index contributed by atoms with van der Waals surface area (Å²) in [4.78, 5) is 7.54. The molecule has 0 amide bonds. The molecular weight excluding hydrogens is 616 g/mol. The number of nitrogens with zero attached hydrogens (tertiary/aromatic N) is 2. The fourth-order valence-electron chi connectivity index (χ4n) is 7.67. The molecule has 4 heteroatoms. The summed E-state index contributed by atoms with van der Waals surface area (Å²) in [5.74, 6) is -0.258. The van der Waals surface area contributed by atoms with E-state index in [1.807, 2.05) is 6.07 Å². The van der Waals surface area contributed by atoms with Crippen molar-refractivity contribution in [3.63, 3.8) is 0 Å². The Balaban J connectivity index is 1.31. The zero-order valence-electron chi connectivity index (χ0n) is 26.7. The summed E-state index contributed by atoms with van der Waals surface area (Å²) in [6.07, 6.45) is 0. The Morgan fingerprint density at radius 2 is 1.00 bits per heavy atom. The van der Waals surface area contributed by atoms with Gasteiger partial charge < -0.3 is 4.90 Å². The maximum absolute atomic E-state index is 13.9. The van der Waals surface area contributed by atoms with E-state index in [9.17, 15) is 4.39 Å². The van der Waals surface area contributed by atoms with Crippen LogP contribution in [0.15, 0.2) is 188 Å². The lowest BCUT2D eigenvalue weighted by Gasteiger charge is -2.45. The Morgan fingerprint density at radius 1 is 0.469 bits per heavy atom. The average Bonchev–Trinajstić information content (AvgIpc) is 3.17. The lowest BCUT2D eigenvalue weighted by molar-refractivity contribution is 0.628. The Bertz CT molecular complexity index is 2360. The molecule has 1 aliphatic heterocycles. The van der Waals surface area contributed by atoms with Gasteiger partial charge in [0.25, 0.3) is 0 Å². The van der Waals surface area contributed by atoms with Crippen molar-refractivity contribution < 1.29 is 4.39 Å². The van der Waals surface area contributed by atoms with Gasteiger partial charge in [0.15, 0.2) is 8.07 Å². The third-order valence-corrected chi connectivity index (χ3v) is 14.6. The van der Waals surface area contributed by atoms with Crippen molar-refractivity contribution in [1.82, 2.24) is 4.98 Å². The van der Waals surface area contributed by atoms with Crippen LogP contribution in [-0.4, -0.2) is 13.1 Å². The quantitative estimate of drug-likeness (QED) is 0.174. The van der Waals surface area contributed by atoms with Gasteiger partial charge in [0, 0.05) is 28.0 Å². The van der Waals surface area contributed by atoms with Crippen LogP contribution in [0.25, 0.3) is 33.3 Å². The highest BCUT2D eigenvalue weighted by Crippen LogP contribution is 2.41. The van der Waals surface area contributed by atoms with E-state index >= 15 is 0 Å². The minimum atomic E-state index is -2.70. The standard InChI is InChI=1S/C45H31FN2Si/c46-34-26-24-33(25-27-34)41-31-38(32-14-4-1-5-15-32)39-30-35(28-29-40(39)47-41)48-42-20-10-12-22-44(42)49(36-16-6-2-7-17-36,37-18-8-3-9-19-37)45-23-13-11-21-43(45)48/h1-31H. The molecule has 0 saturated heterocycles. The molecule has 0 fully saturated rings. The van der Waals surface area contributed by atoms with Gasteiger partial charge in [-0.15, -0.1) is 0 Å². The van der Waals surface area contributed by atoms with Crippen LogP contribution in [-0.2, 0) is 0 Å². The molecule has 0 spiro atoms. The van der Waals surface area contributed by atoms with Crippen LogP contribution in [0, 0.1) is 5.82 Å². The van der Waals surface area contributed by atoms with E-state index in [1.165, 1.54) is 44.3 Å². The minimum absolute atomic E-state index is 0.258. The van der Waals surface area contributed by atoms with Crippen molar-refractivity contribution in [2.75, 3.05) is 4.90 Å². The maximum Gasteiger partial charge on any atom is 0.184 e. The monoisotopic (exact) mass is 646 g/mol. The fraction of sp³-hybridized carbons (Fsp3) is 0. The molecule has 0 radical (unpaired) electrons. The highest BCUT2D eigenvalue weighted by Gasteiger charge is 2.48. The first kappa shape index (κ1) is 29.1. The van der Waals surface area contributed by atoms with E-state index in [1.54, 1.807) is 12.1 Å². The lowest BCUT2D eigenvalue weighted by Crippen LogP contribution is -2.77. The van der Waals surface area contributed by atoms with Crippen LogP contribution in [0.1, 0.15) is 0 Å². The van der Waals surface area contributed by atoms with Crippen LogP contribution in [0.4, 0.5) is 21.5 Å². The Hall–Kier alpha value is -6.10. The second kappa shape index (κ2) is 11.9. The molecule has 0 aliphatic carbocycles. The number of hydrogen-bond acceptors (Lipinski definition) is 2. The van der Waals surface area contributed by atoms with E-state index in [0.29, 0.717) is 0 Å². The number of hydrogen-bond donors (Lipinski definition) is 0. The van der Waals surface area contributed by atoms with Gasteiger partial charge in [-0.1, -0.05) is 127 Å². The van der Waals surface area contributed by atoms with Gasteiger partial charge in [-0.3, -0.25) is 0 Å². The topological polar surface area (TPSA) is 16.1 Å². The molecule has 1 aromatic heterocycles. The lowest BCUT2D eigenvalue weighted by atomic mass is 9.97.